The van der Waals surface area contributed by atoms with E-state index in [1.54, 1.807) is 13.0 Å². The molecule has 3 rings (SSSR count). The molecule has 0 N–H and O–H groups in total. The average molecular weight is 347 g/mol. The molecule has 0 saturated heterocycles. The molecule has 0 atom stereocenters. The third-order valence-electron chi connectivity index (χ3n) is 3.48. The molecule has 0 saturated carbocycles. The first-order valence-electron chi connectivity index (χ1n) is 7.08. The Morgan fingerprint density at radius 3 is 2.75 bits per heavy atom. The van der Waals surface area contributed by atoms with Gasteiger partial charge in [0.2, 0.25) is 5.78 Å². The average Bonchev–Trinajstić information content (AvgIpc) is 2.79. The number of hydrogen-bond donors (Lipinski definition) is 0. The number of Topliss-reactive ketones (excluding diaryl/α,β-unsaturated/α-hetero) is 1. The number of halogens is 2. The van der Waals surface area contributed by atoms with Gasteiger partial charge in [0.15, 0.2) is 5.76 Å². The lowest BCUT2D eigenvalue weighted by Crippen LogP contribution is -2.02. The summed E-state index contributed by atoms with van der Waals surface area (Å²) in [5, 5.41) is 0.173. The van der Waals surface area contributed by atoms with Crippen LogP contribution in [-0.2, 0) is 4.79 Å². The van der Waals surface area contributed by atoms with Gasteiger partial charge in [0.1, 0.15) is 17.3 Å². The molecule has 1 aliphatic heterocycles. The van der Waals surface area contributed by atoms with Crippen LogP contribution in [0, 0.1) is 12.7 Å². The predicted octanol–water partition coefficient (Wildman–Crippen LogP) is 4.33. The number of rotatable bonds is 2. The maximum Gasteiger partial charge on any atom is 0.308 e. The number of hydrogen-bond acceptors (Lipinski definition) is 4. The second-order valence-corrected chi connectivity index (χ2v) is 5.69. The Bertz CT molecular complexity index is 882. The Balaban J connectivity index is 2.03. The zero-order chi connectivity index (χ0) is 17.4. The van der Waals surface area contributed by atoms with Crippen molar-refractivity contribution >= 4 is 29.4 Å². The standard InChI is InChI=1S/C18H12ClFO4/c1-9-6-11(23-10(2)21)7-15-17(9)18(22)16(24-15)8-12-13(19)4-3-5-14(12)20/h3-8H,1-2H3/b16-8-. The van der Waals surface area contributed by atoms with Gasteiger partial charge in [0.05, 0.1) is 10.6 Å². The highest BCUT2D eigenvalue weighted by atomic mass is 35.5. The van der Waals surface area contributed by atoms with E-state index in [1.165, 1.54) is 37.3 Å². The molecule has 0 fully saturated rings. The summed E-state index contributed by atoms with van der Waals surface area (Å²) >= 11 is 5.97. The van der Waals surface area contributed by atoms with Crippen LogP contribution in [0.15, 0.2) is 36.1 Å². The van der Waals surface area contributed by atoms with Gasteiger partial charge in [0.25, 0.3) is 0 Å². The molecule has 1 aliphatic rings. The van der Waals surface area contributed by atoms with E-state index in [4.69, 9.17) is 21.1 Å². The van der Waals surface area contributed by atoms with Crippen LogP contribution >= 0.6 is 11.6 Å². The number of allylic oxidation sites excluding steroid dienone is 1. The van der Waals surface area contributed by atoms with Crippen LogP contribution in [0.3, 0.4) is 0 Å². The molecule has 2 aromatic carbocycles. The molecule has 1 heterocycles. The fourth-order valence-electron chi connectivity index (χ4n) is 2.48. The first kappa shape index (κ1) is 16.2. The first-order chi connectivity index (χ1) is 11.4. The van der Waals surface area contributed by atoms with Gasteiger partial charge in [-0.1, -0.05) is 17.7 Å². The number of esters is 1. The van der Waals surface area contributed by atoms with Crippen molar-refractivity contribution in [3.63, 3.8) is 0 Å². The SMILES string of the molecule is CC(=O)Oc1cc(C)c2c(c1)O/C(=C\c1c(F)cccc1Cl)C2=O. The van der Waals surface area contributed by atoms with Gasteiger partial charge >= 0.3 is 5.97 Å². The largest absolute Gasteiger partial charge is 0.452 e. The number of aryl methyl sites for hydroxylation is 1. The third kappa shape index (κ3) is 2.90. The number of fused-ring (bicyclic) bond motifs is 1. The lowest BCUT2D eigenvalue weighted by Gasteiger charge is -2.05. The van der Waals surface area contributed by atoms with Gasteiger partial charge in [-0.05, 0) is 36.8 Å². The molecule has 24 heavy (non-hydrogen) atoms. The monoisotopic (exact) mass is 346 g/mol. The van der Waals surface area contributed by atoms with Crippen LogP contribution in [0.4, 0.5) is 4.39 Å². The molecule has 0 amide bonds. The summed E-state index contributed by atoms with van der Waals surface area (Å²) in [4.78, 5) is 23.6. The van der Waals surface area contributed by atoms with Crippen LogP contribution in [0.25, 0.3) is 6.08 Å². The highest BCUT2D eigenvalue weighted by molar-refractivity contribution is 6.32. The van der Waals surface area contributed by atoms with Crippen LogP contribution < -0.4 is 9.47 Å². The van der Waals surface area contributed by atoms with Gasteiger partial charge in [-0.25, -0.2) is 4.39 Å². The molecule has 0 bridgehead atoms. The second kappa shape index (κ2) is 6.09. The van der Waals surface area contributed by atoms with Gasteiger partial charge in [-0.2, -0.15) is 0 Å². The zero-order valence-electron chi connectivity index (χ0n) is 12.9. The topological polar surface area (TPSA) is 52.6 Å². The summed E-state index contributed by atoms with van der Waals surface area (Å²) in [6.07, 6.45) is 1.27. The molecular weight excluding hydrogens is 335 g/mol. The summed E-state index contributed by atoms with van der Waals surface area (Å²) in [5.41, 5.74) is 1.02. The van der Waals surface area contributed by atoms with Crippen LogP contribution in [0.1, 0.15) is 28.4 Å². The van der Waals surface area contributed by atoms with Crippen LogP contribution in [0.5, 0.6) is 11.5 Å². The van der Waals surface area contributed by atoms with Crippen LogP contribution in [0.2, 0.25) is 5.02 Å². The Morgan fingerprint density at radius 1 is 1.33 bits per heavy atom. The van der Waals surface area contributed by atoms with E-state index in [1.807, 2.05) is 0 Å². The zero-order valence-corrected chi connectivity index (χ0v) is 13.6. The minimum absolute atomic E-state index is 0.0416. The number of carbonyl (C=O) groups excluding carboxylic acids is 2. The molecule has 0 aliphatic carbocycles. The molecule has 0 aromatic heterocycles. The Kier molecular flexibility index (Phi) is 4.11. The maximum absolute atomic E-state index is 13.9. The van der Waals surface area contributed by atoms with Crippen molar-refractivity contribution in [3.8, 4) is 11.5 Å². The quantitative estimate of drug-likeness (QED) is 0.461. The molecule has 0 radical (unpaired) electrons. The molecule has 2 aromatic rings. The maximum atomic E-state index is 13.9. The van der Waals surface area contributed by atoms with E-state index in [2.05, 4.69) is 0 Å². The highest BCUT2D eigenvalue weighted by Gasteiger charge is 2.30. The van der Waals surface area contributed by atoms with Gasteiger partial charge in [-0.3, -0.25) is 9.59 Å². The number of carbonyl (C=O) groups is 2. The molecule has 122 valence electrons. The van der Waals surface area contributed by atoms with E-state index in [0.29, 0.717) is 11.1 Å². The van der Waals surface area contributed by atoms with Crippen molar-refractivity contribution in [2.75, 3.05) is 0 Å². The first-order valence-corrected chi connectivity index (χ1v) is 7.46. The van der Waals surface area contributed by atoms with E-state index < -0.39 is 11.8 Å². The summed E-state index contributed by atoms with van der Waals surface area (Å²) < 4.78 is 24.4. The predicted molar refractivity (Wildman–Crippen MR) is 86.8 cm³/mol. The van der Waals surface area contributed by atoms with E-state index >= 15 is 0 Å². The van der Waals surface area contributed by atoms with Crippen molar-refractivity contribution < 1.29 is 23.5 Å². The third-order valence-corrected chi connectivity index (χ3v) is 3.81. The van der Waals surface area contributed by atoms with Crippen molar-refractivity contribution in [2.45, 2.75) is 13.8 Å². The normalized spacial score (nSPS) is 14.5. The van der Waals surface area contributed by atoms with E-state index in [9.17, 15) is 14.0 Å². The molecule has 6 heteroatoms. The lowest BCUT2D eigenvalue weighted by molar-refractivity contribution is -0.131. The lowest BCUT2D eigenvalue weighted by atomic mass is 10.0. The molecule has 0 unspecified atom stereocenters. The number of ketones is 1. The van der Waals surface area contributed by atoms with Gasteiger partial charge in [0, 0.05) is 18.6 Å². The number of benzene rings is 2. The summed E-state index contributed by atoms with van der Waals surface area (Å²) in [5.74, 6) is -0.921. The van der Waals surface area contributed by atoms with Crippen molar-refractivity contribution in [2.24, 2.45) is 0 Å². The Morgan fingerprint density at radius 2 is 2.08 bits per heavy atom. The minimum Gasteiger partial charge on any atom is -0.452 e. The van der Waals surface area contributed by atoms with Crippen molar-refractivity contribution in [1.29, 1.82) is 0 Å². The fraction of sp³-hybridized carbons (Fsp3) is 0.111. The fourth-order valence-corrected chi connectivity index (χ4v) is 2.70. The van der Waals surface area contributed by atoms with E-state index in [0.717, 1.165) is 0 Å². The minimum atomic E-state index is -0.556. The summed E-state index contributed by atoms with van der Waals surface area (Å²) in [6.45, 7) is 2.98. The molecule has 0 spiro atoms. The van der Waals surface area contributed by atoms with Gasteiger partial charge < -0.3 is 9.47 Å². The molecular formula is C18H12ClFO4. The smallest absolute Gasteiger partial charge is 0.308 e. The second-order valence-electron chi connectivity index (χ2n) is 5.28. The Hall–Kier alpha value is -2.66. The Labute approximate surface area is 142 Å². The number of ether oxygens (including phenoxy) is 2. The summed E-state index contributed by atoms with van der Waals surface area (Å²) in [7, 11) is 0. The van der Waals surface area contributed by atoms with E-state index in [-0.39, 0.29) is 33.6 Å². The van der Waals surface area contributed by atoms with Crippen molar-refractivity contribution in [3.05, 3.63) is 63.6 Å². The van der Waals surface area contributed by atoms with Crippen molar-refractivity contribution in [1.82, 2.24) is 0 Å². The summed E-state index contributed by atoms with van der Waals surface area (Å²) in [6, 6.07) is 7.26. The molecule has 4 nitrogen and oxygen atoms in total. The van der Waals surface area contributed by atoms with Crippen LogP contribution in [-0.4, -0.2) is 11.8 Å². The van der Waals surface area contributed by atoms with Gasteiger partial charge in [-0.15, -0.1) is 0 Å². The highest BCUT2D eigenvalue weighted by Crippen LogP contribution is 2.38.